The van der Waals surface area contributed by atoms with Crippen LogP contribution in [0.2, 0.25) is 0 Å². The molecular weight excluding hydrogens is 282 g/mol. The van der Waals surface area contributed by atoms with Gasteiger partial charge in [0.05, 0.1) is 7.11 Å². The average molecular weight is 307 g/mol. The summed E-state index contributed by atoms with van der Waals surface area (Å²) in [5.41, 5.74) is 0.539. The normalized spacial score (nSPS) is 12.4. The monoisotopic (exact) mass is 307 g/mol. The zero-order valence-corrected chi connectivity index (χ0v) is 13.7. The van der Waals surface area contributed by atoms with Gasteiger partial charge in [0, 0.05) is 12.5 Å². The molecule has 0 saturated heterocycles. The van der Waals surface area contributed by atoms with Gasteiger partial charge in [-0.1, -0.05) is 30.3 Å². The molecule has 0 aromatic heterocycles. The quantitative estimate of drug-likeness (QED) is 0.820. The van der Waals surface area contributed by atoms with E-state index in [1.807, 2.05) is 51.1 Å². The Morgan fingerprint density at radius 3 is 2.36 bits per heavy atom. The van der Waals surface area contributed by atoms with E-state index in [2.05, 4.69) is 10.1 Å². The van der Waals surface area contributed by atoms with Crippen LogP contribution in [-0.4, -0.2) is 30.8 Å². The number of rotatable bonds is 6. The number of amides is 1. The summed E-state index contributed by atoms with van der Waals surface area (Å²) in [6.45, 7) is 5.44. The summed E-state index contributed by atoms with van der Waals surface area (Å²) in [6.07, 6.45) is 0.917. The Labute approximate surface area is 132 Å². The van der Waals surface area contributed by atoms with Gasteiger partial charge in [0.15, 0.2) is 0 Å². The highest BCUT2D eigenvalue weighted by atomic mass is 16.6. The number of carbonyl (C=O) groups excluding carboxylic acids is 2. The standard InChI is InChI=1S/C17H25NO4/c1-17(2,3)22-16(20)18-14(10-11-15(19)21-4)12-13-8-6-5-7-9-13/h5-9,14H,10-12H2,1-4H3,(H,18,20). The molecule has 5 nitrogen and oxygen atoms in total. The van der Waals surface area contributed by atoms with Crippen LogP contribution >= 0.6 is 0 Å². The summed E-state index contributed by atoms with van der Waals surface area (Å²) in [7, 11) is 1.36. The minimum Gasteiger partial charge on any atom is -0.469 e. The van der Waals surface area contributed by atoms with E-state index in [0.29, 0.717) is 12.8 Å². The van der Waals surface area contributed by atoms with Crippen molar-refractivity contribution in [3.05, 3.63) is 35.9 Å². The van der Waals surface area contributed by atoms with E-state index < -0.39 is 11.7 Å². The summed E-state index contributed by atoms with van der Waals surface area (Å²) in [5, 5.41) is 2.83. The molecule has 0 spiro atoms. The van der Waals surface area contributed by atoms with E-state index in [9.17, 15) is 9.59 Å². The highest BCUT2D eigenvalue weighted by Crippen LogP contribution is 2.11. The van der Waals surface area contributed by atoms with Crippen LogP contribution < -0.4 is 5.32 Å². The Balaban J connectivity index is 2.65. The highest BCUT2D eigenvalue weighted by molar-refractivity contribution is 5.70. The third-order valence-electron chi connectivity index (χ3n) is 2.97. The van der Waals surface area contributed by atoms with Crippen LogP contribution in [0.4, 0.5) is 4.79 Å². The van der Waals surface area contributed by atoms with Gasteiger partial charge in [-0.2, -0.15) is 0 Å². The molecule has 1 atom stereocenters. The predicted molar refractivity (Wildman–Crippen MR) is 84.6 cm³/mol. The molecule has 0 heterocycles. The van der Waals surface area contributed by atoms with Crippen LogP contribution in [0.3, 0.4) is 0 Å². The number of hydrogen-bond donors (Lipinski definition) is 1. The Bertz CT molecular complexity index is 479. The van der Waals surface area contributed by atoms with E-state index in [-0.39, 0.29) is 18.4 Å². The zero-order valence-electron chi connectivity index (χ0n) is 13.7. The number of alkyl carbamates (subject to hydrolysis) is 1. The van der Waals surface area contributed by atoms with Crippen molar-refractivity contribution in [1.29, 1.82) is 0 Å². The number of ether oxygens (including phenoxy) is 2. The van der Waals surface area contributed by atoms with Gasteiger partial charge in [-0.05, 0) is 39.2 Å². The van der Waals surface area contributed by atoms with Crippen molar-refractivity contribution in [2.24, 2.45) is 0 Å². The van der Waals surface area contributed by atoms with Crippen molar-refractivity contribution in [2.75, 3.05) is 7.11 Å². The van der Waals surface area contributed by atoms with Crippen molar-refractivity contribution in [3.63, 3.8) is 0 Å². The molecule has 122 valence electrons. The van der Waals surface area contributed by atoms with Crippen LogP contribution in [0, 0.1) is 0 Å². The largest absolute Gasteiger partial charge is 0.469 e. The molecule has 1 aromatic rings. The SMILES string of the molecule is COC(=O)CCC(Cc1ccccc1)NC(=O)OC(C)(C)C. The maximum atomic E-state index is 11.9. The maximum Gasteiger partial charge on any atom is 0.407 e. The van der Waals surface area contributed by atoms with Crippen LogP contribution in [0.15, 0.2) is 30.3 Å². The number of carbonyl (C=O) groups is 2. The molecule has 0 bridgehead atoms. The molecule has 0 fully saturated rings. The Morgan fingerprint density at radius 1 is 1.18 bits per heavy atom. The van der Waals surface area contributed by atoms with Crippen LogP contribution in [-0.2, 0) is 20.7 Å². The summed E-state index contributed by atoms with van der Waals surface area (Å²) in [5.74, 6) is -0.288. The molecule has 1 amide bonds. The van der Waals surface area contributed by atoms with Gasteiger partial charge in [-0.3, -0.25) is 4.79 Å². The van der Waals surface area contributed by atoms with E-state index >= 15 is 0 Å². The van der Waals surface area contributed by atoms with Gasteiger partial charge in [-0.15, -0.1) is 0 Å². The molecule has 22 heavy (non-hydrogen) atoms. The van der Waals surface area contributed by atoms with Gasteiger partial charge < -0.3 is 14.8 Å². The molecule has 1 N–H and O–H groups in total. The number of nitrogens with one attached hydrogen (secondary N) is 1. The lowest BCUT2D eigenvalue weighted by molar-refractivity contribution is -0.140. The number of benzene rings is 1. The number of methoxy groups -OCH3 is 1. The molecule has 0 aliphatic carbocycles. The lowest BCUT2D eigenvalue weighted by Gasteiger charge is -2.23. The number of esters is 1. The average Bonchev–Trinajstić information content (AvgIpc) is 2.43. The molecule has 0 saturated carbocycles. The second kappa shape index (κ2) is 8.41. The Kier molecular flexibility index (Phi) is 6.89. The summed E-state index contributed by atoms with van der Waals surface area (Å²) in [4.78, 5) is 23.2. The van der Waals surface area contributed by atoms with Crippen molar-refractivity contribution in [3.8, 4) is 0 Å². The first-order chi connectivity index (χ1) is 10.3. The topological polar surface area (TPSA) is 64.6 Å². The second-order valence-electron chi connectivity index (χ2n) is 6.15. The molecule has 0 aliphatic rings. The van der Waals surface area contributed by atoms with E-state index in [4.69, 9.17) is 4.74 Å². The fraction of sp³-hybridized carbons (Fsp3) is 0.529. The summed E-state index contributed by atoms with van der Waals surface area (Å²) >= 11 is 0. The van der Waals surface area contributed by atoms with Crippen molar-refractivity contribution in [2.45, 2.75) is 51.7 Å². The van der Waals surface area contributed by atoms with Crippen LogP contribution in [0.25, 0.3) is 0 Å². The summed E-state index contributed by atoms with van der Waals surface area (Å²) in [6, 6.07) is 9.62. The minimum atomic E-state index is -0.552. The smallest absolute Gasteiger partial charge is 0.407 e. The Hall–Kier alpha value is -2.04. The lowest BCUT2D eigenvalue weighted by atomic mass is 10.0. The van der Waals surface area contributed by atoms with Crippen LogP contribution in [0.1, 0.15) is 39.2 Å². The van der Waals surface area contributed by atoms with Crippen molar-refractivity contribution >= 4 is 12.1 Å². The molecule has 1 aromatic carbocycles. The lowest BCUT2D eigenvalue weighted by Crippen LogP contribution is -2.40. The minimum absolute atomic E-state index is 0.184. The third kappa shape index (κ3) is 7.67. The van der Waals surface area contributed by atoms with E-state index in [1.54, 1.807) is 0 Å². The molecule has 0 radical (unpaired) electrons. The summed E-state index contributed by atoms with van der Waals surface area (Å²) < 4.78 is 9.93. The van der Waals surface area contributed by atoms with Gasteiger partial charge in [-0.25, -0.2) is 4.79 Å². The van der Waals surface area contributed by atoms with Gasteiger partial charge in [0.1, 0.15) is 5.60 Å². The molecule has 1 unspecified atom stereocenters. The molecule has 0 aliphatic heterocycles. The fourth-order valence-corrected chi connectivity index (χ4v) is 1.99. The van der Waals surface area contributed by atoms with Gasteiger partial charge in [0.25, 0.3) is 0 Å². The molecule has 5 heteroatoms. The first kappa shape index (κ1) is 18.0. The Morgan fingerprint density at radius 2 is 1.82 bits per heavy atom. The number of hydrogen-bond acceptors (Lipinski definition) is 4. The first-order valence-corrected chi connectivity index (χ1v) is 7.40. The van der Waals surface area contributed by atoms with E-state index in [0.717, 1.165) is 5.56 Å². The fourth-order valence-electron chi connectivity index (χ4n) is 1.99. The predicted octanol–water partition coefficient (Wildman–Crippen LogP) is 3.08. The molecular formula is C17H25NO4. The van der Waals surface area contributed by atoms with Crippen LogP contribution in [0.5, 0.6) is 0 Å². The van der Waals surface area contributed by atoms with Gasteiger partial charge >= 0.3 is 12.1 Å². The third-order valence-corrected chi connectivity index (χ3v) is 2.97. The van der Waals surface area contributed by atoms with Crippen molar-refractivity contribution in [1.82, 2.24) is 5.32 Å². The second-order valence-corrected chi connectivity index (χ2v) is 6.15. The zero-order chi connectivity index (χ0) is 16.6. The van der Waals surface area contributed by atoms with Crippen molar-refractivity contribution < 1.29 is 19.1 Å². The van der Waals surface area contributed by atoms with Gasteiger partial charge in [0.2, 0.25) is 0 Å². The molecule has 1 rings (SSSR count). The highest BCUT2D eigenvalue weighted by Gasteiger charge is 2.20. The maximum absolute atomic E-state index is 11.9. The first-order valence-electron chi connectivity index (χ1n) is 7.40. The van der Waals surface area contributed by atoms with E-state index in [1.165, 1.54) is 7.11 Å².